The normalized spacial score (nSPS) is 15.7. The van der Waals surface area contributed by atoms with E-state index in [1.807, 2.05) is 26.0 Å². The van der Waals surface area contributed by atoms with Gasteiger partial charge in [0.25, 0.3) is 0 Å². The van der Waals surface area contributed by atoms with Crippen molar-refractivity contribution in [3.63, 3.8) is 0 Å². The molecular formula is C57H46N8. The molecule has 12 rings (SSSR count). The van der Waals surface area contributed by atoms with Gasteiger partial charge in [-0.25, -0.2) is 0 Å². The van der Waals surface area contributed by atoms with Crippen molar-refractivity contribution in [2.24, 2.45) is 30.0 Å². The van der Waals surface area contributed by atoms with E-state index in [2.05, 4.69) is 195 Å². The average Bonchev–Trinajstić information content (AvgIpc) is 4.03. The highest BCUT2D eigenvalue weighted by Gasteiger charge is 2.31. The summed E-state index contributed by atoms with van der Waals surface area (Å²) >= 11 is 0. The molecule has 0 fully saturated rings. The van der Waals surface area contributed by atoms with E-state index in [4.69, 9.17) is 30.0 Å². The van der Waals surface area contributed by atoms with Gasteiger partial charge in [-0.2, -0.15) is 0 Å². The van der Waals surface area contributed by atoms with Gasteiger partial charge in [0.05, 0.1) is 44.2 Å². The highest BCUT2D eigenvalue weighted by molar-refractivity contribution is 6.10. The number of benzene rings is 8. The molecule has 0 saturated carbocycles. The third-order valence-electron chi connectivity index (χ3n) is 12.6. The molecular weight excluding hydrogens is 797 g/mol. The first kappa shape index (κ1) is 38.8. The van der Waals surface area contributed by atoms with Crippen LogP contribution in [0.4, 0.5) is 17.1 Å². The monoisotopic (exact) mass is 842 g/mol. The Labute approximate surface area is 376 Å². The fourth-order valence-electron chi connectivity index (χ4n) is 9.91. The van der Waals surface area contributed by atoms with Gasteiger partial charge in [0.1, 0.15) is 33.1 Å². The summed E-state index contributed by atoms with van der Waals surface area (Å²) in [5, 5.41) is 7.52. The van der Waals surface area contributed by atoms with Crippen LogP contribution in [0.2, 0.25) is 0 Å². The highest BCUT2D eigenvalue weighted by Crippen LogP contribution is 2.37. The predicted molar refractivity (Wildman–Crippen MR) is 261 cm³/mol. The van der Waals surface area contributed by atoms with Gasteiger partial charge in [-0.1, -0.05) is 103 Å². The predicted octanol–water partition coefficient (Wildman–Crippen LogP) is 10.2. The zero-order valence-corrected chi connectivity index (χ0v) is 37.2. The molecule has 0 atom stereocenters. The zero-order valence-electron chi connectivity index (χ0n) is 37.2. The Balaban J connectivity index is 1.02. The first-order chi connectivity index (χ1) is 31.4. The number of hydrogen-bond donors (Lipinski definition) is 0. The van der Waals surface area contributed by atoms with E-state index in [-0.39, 0.29) is 0 Å². The number of aromatic nitrogens is 1. The second-order valence-electron chi connectivity index (χ2n) is 18.7. The number of rotatable bonds is 7. The molecule has 0 amide bonds. The number of fused-ring (bicyclic) bond motifs is 6. The molecule has 3 aliphatic rings. The zero-order chi connectivity index (χ0) is 44.2. The maximum Gasteiger partial charge on any atom is 0.146 e. The maximum atomic E-state index is 5.38. The van der Waals surface area contributed by atoms with Crippen molar-refractivity contribution in [3.8, 4) is 39.1 Å². The molecule has 0 aliphatic carbocycles. The van der Waals surface area contributed by atoms with Crippen LogP contribution in [0.3, 0.4) is 0 Å². The summed E-state index contributed by atoms with van der Waals surface area (Å²) in [5.74, 6) is 0. The van der Waals surface area contributed by atoms with Gasteiger partial charge in [-0.15, -0.1) is 0 Å². The molecule has 8 heteroatoms. The van der Waals surface area contributed by atoms with Crippen molar-refractivity contribution in [3.05, 3.63) is 202 Å². The van der Waals surface area contributed by atoms with E-state index in [0.29, 0.717) is 0 Å². The Morgan fingerprint density at radius 3 is 1.51 bits per heavy atom. The van der Waals surface area contributed by atoms with E-state index < -0.39 is 17.0 Å². The van der Waals surface area contributed by atoms with Gasteiger partial charge in [0.15, 0.2) is 0 Å². The van der Waals surface area contributed by atoms with Crippen LogP contribution >= 0.6 is 0 Å². The van der Waals surface area contributed by atoms with Gasteiger partial charge in [-0.05, 0) is 131 Å². The maximum absolute atomic E-state index is 5.38. The largest absolute Gasteiger partial charge is 0.309 e. The van der Waals surface area contributed by atoms with Crippen LogP contribution in [0.5, 0.6) is 0 Å². The molecule has 0 N–H and O–H groups in total. The van der Waals surface area contributed by atoms with Crippen molar-refractivity contribution in [2.75, 3.05) is 4.90 Å². The molecule has 8 nitrogen and oxygen atoms in total. The topological polar surface area (TPSA) is 82.3 Å². The van der Waals surface area contributed by atoms with Crippen molar-refractivity contribution in [1.82, 2.24) is 4.57 Å². The number of anilines is 3. The van der Waals surface area contributed by atoms with Gasteiger partial charge in [0, 0.05) is 27.6 Å². The minimum absolute atomic E-state index is 0.600. The minimum Gasteiger partial charge on any atom is -0.309 e. The number of para-hydroxylation sites is 3. The van der Waals surface area contributed by atoms with Crippen LogP contribution in [-0.2, 0) is 0 Å². The molecule has 3 aliphatic heterocycles. The third kappa shape index (κ3) is 6.42. The summed E-state index contributed by atoms with van der Waals surface area (Å²) in [5.41, 5.74) is 10.8. The molecule has 4 heterocycles. The van der Waals surface area contributed by atoms with Crippen molar-refractivity contribution < 1.29 is 0 Å². The Bertz CT molecular complexity index is 3850. The first-order valence-corrected chi connectivity index (χ1v) is 22.3. The minimum atomic E-state index is -0.686. The Kier molecular flexibility index (Phi) is 8.41. The van der Waals surface area contributed by atoms with E-state index in [9.17, 15) is 0 Å². The van der Waals surface area contributed by atoms with Gasteiger partial charge >= 0.3 is 0 Å². The summed E-state index contributed by atoms with van der Waals surface area (Å²) < 4.78 is 2.35. The number of hydrogen-bond acceptors (Lipinski definition) is 7. The summed E-state index contributed by atoms with van der Waals surface area (Å²) in [6.45, 7) is 12.3. The van der Waals surface area contributed by atoms with Gasteiger partial charge in [-0.3, -0.25) is 30.0 Å². The second kappa shape index (κ2) is 14.1. The molecule has 314 valence electrons. The Hall–Kier alpha value is -7.84. The molecule has 0 unspecified atom stereocenters. The molecule has 0 saturated heterocycles. The SMILES string of the molecule is CC1(C)N=c2cccc(N(c3ccc(-c4ccccc4)c4c3=NC(C)(C)N=4)c3ccc(-c4ccc(-c5ccc6c(c5)c5ccccc5n6-c5ccccc5)cc4)c4c3=NC(C)(C)N=4)c2=N1. The van der Waals surface area contributed by atoms with Gasteiger partial charge < -0.3 is 9.47 Å². The summed E-state index contributed by atoms with van der Waals surface area (Å²) in [6.07, 6.45) is 0. The van der Waals surface area contributed by atoms with Crippen LogP contribution in [0, 0.1) is 0 Å². The molecule has 9 aromatic rings. The third-order valence-corrected chi connectivity index (χ3v) is 12.6. The van der Waals surface area contributed by atoms with Crippen LogP contribution in [0.25, 0.3) is 60.9 Å². The van der Waals surface area contributed by atoms with Crippen LogP contribution < -0.4 is 37.0 Å². The smallest absolute Gasteiger partial charge is 0.146 e. The fourth-order valence-corrected chi connectivity index (χ4v) is 9.91. The summed E-state index contributed by atoms with van der Waals surface area (Å²) in [4.78, 5) is 33.7. The lowest BCUT2D eigenvalue weighted by Gasteiger charge is -2.26. The standard InChI is InChI=1S/C57H46N8/c1-55(2)58-44-21-15-23-47(52(44)61-55)65(48-32-29-40(36-16-9-7-10-17-36)50-53(48)62-56(3,4)59-50)49-33-30-41(51-54(49)63-57(5,6)60-51)37-26-24-35(25-27-37)38-28-31-46-43(34-38)42-20-13-14-22-45(42)64(46)39-18-11-8-12-19-39/h7-34H,1-6H3. The Morgan fingerprint density at radius 1 is 0.354 bits per heavy atom. The number of nitrogens with zero attached hydrogens (tertiary/aromatic N) is 8. The first-order valence-electron chi connectivity index (χ1n) is 22.3. The second-order valence-corrected chi connectivity index (χ2v) is 18.7. The van der Waals surface area contributed by atoms with Crippen LogP contribution in [-0.4, -0.2) is 21.6 Å². The van der Waals surface area contributed by atoms with Crippen LogP contribution in [0.1, 0.15) is 41.5 Å². The van der Waals surface area contributed by atoms with Crippen molar-refractivity contribution in [1.29, 1.82) is 0 Å². The lowest BCUT2D eigenvalue weighted by Crippen LogP contribution is -2.38. The Morgan fingerprint density at radius 2 is 0.846 bits per heavy atom. The molecule has 65 heavy (non-hydrogen) atoms. The fraction of sp³-hybridized carbons (Fsp3) is 0.158. The molecule has 0 radical (unpaired) electrons. The highest BCUT2D eigenvalue weighted by atomic mass is 15.2. The van der Waals surface area contributed by atoms with E-state index in [0.717, 1.165) is 82.7 Å². The molecule has 1 aromatic heterocycles. The molecule has 8 aromatic carbocycles. The lowest BCUT2D eigenvalue weighted by molar-refractivity contribution is 0.549. The van der Waals surface area contributed by atoms with Crippen molar-refractivity contribution in [2.45, 2.75) is 58.5 Å². The van der Waals surface area contributed by atoms with Gasteiger partial charge in [0.2, 0.25) is 0 Å². The lowest BCUT2D eigenvalue weighted by atomic mass is 9.98. The van der Waals surface area contributed by atoms with E-state index >= 15 is 0 Å². The van der Waals surface area contributed by atoms with Crippen molar-refractivity contribution >= 4 is 38.9 Å². The summed E-state index contributed by atoms with van der Waals surface area (Å²) in [7, 11) is 0. The molecule has 0 spiro atoms. The quantitative estimate of drug-likeness (QED) is 0.157. The average molecular weight is 843 g/mol. The summed E-state index contributed by atoms with van der Waals surface area (Å²) in [6, 6.07) is 60.3. The molecule has 0 bridgehead atoms. The van der Waals surface area contributed by atoms with Crippen LogP contribution in [0.15, 0.2) is 200 Å². The van der Waals surface area contributed by atoms with E-state index in [1.165, 1.54) is 27.4 Å². The van der Waals surface area contributed by atoms with E-state index in [1.54, 1.807) is 0 Å².